The molecule has 1 aromatic heterocycles. The highest BCUT2D eigenvalue weighted by Gasteiger charge is 2.14. The average Bonchev–Trinajstić information content (AvgIpc) is 2.24. The number of aromatic nitrogens is 2. The summed E-state index contributed by atoms with van der Waals surface area (Å²) < 4.78 is 0. The normalized spacial score (nSPS) is 12.2. The van der Waals surface area contributed by atoms with E-state index in [1.54, 1.807) is 11.8 Å². The first-order valence-electron chi connectivity index (χ1n) is 4.78. The average molecular weight is 295 g/mol. The third-order valence-corrected chi connectivity index (χ3v) is 2.90. The van der Waals surface area contributed by atoms with Crippen molar-refractivity contribution in [3.05, 3.63) is 16.5 Å². The summed E-state index contributed by atoms with van der Waals surface area (Å²) in [6.07, 6.45) is 2.55. The van der Waals surface area contributed by atoms with Crippen molar-refractivity contribution in [2.75, 3.05) is 17.3 Å². The summed E-state index contributed by atoms with van der Waals surface area (Å²) in [6, 6.07) is 0.835. The second kappa shape index (κ2) is 7.00. The van der Waals surface area contributed by atoms with Crippen LogP contribution in [0.4, 0.5) is 5.82 Å². The standard InChI is InChI=1S/C9H12Cl2N4OS/c1-17-3-2-5(12)8(16)14-7-4-6(10)13-9(11)15-7/h4-5H,2-3,12H2,1H3,(H,13,14,15,16)/t5-/m1/s1. The summed E-state index contributed by atoms with van der Waals surface area (Å²) in [4.78, 5) is 19.1. The van der Waals surface area contributed by atoms with Crippen LogP contribution in [0.2, 0.25) is 10.4 Å². The molecule has 1 atom stereocenters. The van der Waals surface area contributed by atoms with Gasteiger partial charge in [-0.1, -0.05) is 11.6 Å². The van der Waals surface area contributed by atoms with E-state index in [0.717, 1.165) is 5.75 Å². The minimum atomic E-state index is -0.574. The van der Waals surface area contributed by atoms with E-state index < -0.39 is 6.04 Å². The summed E-state index contributed by atoms with van der Waals surface area (Å²) in [5.74, 6) is 0.754. The molecule has 0 aliphatic rings. The number of nitrogens with one attached hydrogen (secondary N) is 1. The number of thioether (sulfide) groups is 1. The van der Waals surface area contributed by atoms with Crippen LogP contribution in [0.5, 0.6) is 0 Å². The predicted molar refractivity (Wildman–Crippen MR) is 71.7 cm³/mol. The molecule has 8 heteroatoms. The van der Waals surface area contributed by atoms with Crippen molar-refractivity contribution in [1.29, 1.82) is 0 Å². The van der Waals surface area contributed by atoms with Gasteiger partial charge in [-0.05, 0) is 30.0 Å². The first-order chi connectivity index (χ1) is 8.02. The third-order valence-electron chi connectivity index (χ3n) is 1.89. The van der Waals surface area contributed by atoms with Gasteiger partial charge in [0, 0.05) is 6.07 Å². The maximum Gasteiger partial charge on any atom is 0.242 e. The van der Waals surface area contributed by atoms with Gasteiger partial charge in [0.2, 0.25) is 11.2 Å². The van der Waals surface area contributed by atoms with Crippen molar-refractivity contribution < 1.29 is 4.79 Å². The van der Waals surface area contributed by atoms with Gasteiger partial charge in [-0.2, -0.15) is 11.8 Å². The molecule has 0 radical (unpaired) electrons. The molecular formula is C9H12Cl2N4OS. The third kappa shape index (κ3) is 5.08. The second-order valence-corrected chi connectivity index (χ2v) is 4.93. The predicted octanol–water partition coefficient (Wildman–Crippen LogP) is 1.80. The second-order valence-electron chi connectivity index (χ2n) is 3.22. The Morgan fingerprint density at radius 2 is 2.29 bits per heavy atom. The molecule has 1 aromatic rings. The lowest BCUT2D eigenvalue weighted by molar-refractivity contribution is -0.117. The van der Waals surface area contributed by atoms with Gasteiger partial charge in [0.25, 0.3) is 0 Å². The zero-order valence-electron chi connectivity index (χ0n) is 9.11. The van der Waals surface area contributed by atoms with Crippen LogP contribution in [-0.2, 0) is 4.79 Å². The molecule has 0 spiro atoms. The Labute approximate surface area is 113 Å². The smallest absolute Gasteiger partial charge is 0.242 e. The summed E-state index contributed by atoms with van der Waals surface area (Å²) in [5, 5.41) is 2.68. The Morgan fingerprint density at radius 1 is 1.59 bits per heavy atom. The van der Waals surface area contributed by atoms with Gasteiger partial charge >= 0.3 is 0 Å². The van der Waals surface area contributed by atoms with Crippen molar-refractivity contribution in [2.24, 2.45) is 5.73 Å². The Bertz CT molecular complexity index is 384. The van der Waals surface area contributed by atoms with Gasteiger partial charge < -0.3 is 11.1 Å². The van der Waals surface area contributed by atoms with Crippen LogP contribution in [0, 0.1) is 0 Å². The van der Waals surface area contributed by atoms with Crippen LogP contribution in [0.1, 0.15) is 6.42 Å². The largest absolute Gasteiger partial charge is 0.320 e. The zero-order chi connectivity index (χ0) is 12.8. The van der Waals surface area contributed by atoms with Gasteiger partial charge in [0.1, 0.15) is 11.0 Å². The van der Waals surface area contributed by atoms with Crippen LogP contribution < -0.4 is 11.1 Å². The molecule has 0 bridgehead atoms. The molecule has 1 heterocycles. The van der Waals surface area contributed by atoms with Crippen molar-refractivity contribution in [3.63, 3.8) is 0 Å². The summed E-state index contributed by atoms with van der Waals surface area (Å²) >= 11 is 12.9. The number of hydrogen-bond donors (Lipinski definition) is 2. The van der Waals surface area contributed by atoms with E-state index in [4.69, 9.17) is 28.9 Å². The molecule has 3 N–H and O–H groups in total. The Morgan fingerprint density at radius 3 is 2.88 bits per heavy atom. The van der Waals surface area contributed by atoms with Crippen molar-refractivity contribution >= 4 is 46.7 Å². The number of halogens is 2. The number of nitrogens with zero attached hydrogens (tertiary/aromatic N) is 2. The highest BCUT2D eigenvalue weighted by molar-refractivity contribution is 7.98. The number of rotatable bonds is 5. The number of hydrogen-bond acceptors (Lipinski definition) is 5. The monoisotopic (exact) mass is 294 g/mol. The zero-order valence-corrected chi connectivity index (χ0v) is 11.4. The molecular weight excluding hydrogens is 283 g/mol. The van der Waals surface area contributed by atoms with Gasteiger partial charge in [0.15, 0.2) is 0 Å². The maximum atomic E-state index is 11.6. The molecule has 94 valence electrons. The van der Waals surface area contributed by atoms with E-state index in [1.807, 2.05) is 6.26 Å². The van der Waals surface area contributed by atoms with Crippen LogP contribution in [0.15, 0.2) is 6.07 Å². The molecule has 0 aliphatic carbocycles. The first-order valence-corrected chi connectivity index (χ1v) is 6.93. The van der Waals surface area contributed by atoms with Gasteiger partial charge in [-0.15, -0.1) is 0 Å². The first kappa shape index (κ1) is 14.5. The van der Waals surface area contributed by atoms with Gasteiger partial charge in [-0.3, -0.25) is 4.79 Å². The minimum Gasteiger partial charge on any atom is -0.320 e. The van der Waals surface area contributed by atoms with E-state index >= 15 is 0 Å². The fraction of sp³-hybridized carbons (Fsp3) is 0.444. The molecule has 1 rings (SSSR count). The molecule has 1 amide bonds. The van der Waals surface area contributed by atoms with Crippen molar-refractivity contribution in [1.82, 2.24) is 9.97 Å². The molecule has 0 saturated carbocycles. The molecule has 0 unspecified atom stereocenters. The lowest BCUT2D eigenvalue weighted by Gasteiger charge is -2.11. The highest BCUT2D eigenvalue weighted by Crippen LogP contribution is 2.14. The van der Waals surface area contributed by atoms with Gasteiger partial charge in [-0.25, -0.2) is 9.97 Å². The number of anilines is 1. The number of amides is 1. The van der Waals surface area contributed by atoms with Crippen LogP contribution in [0.3, 0.4) is 0 Å². The van der Waals surface area contributed by atoms with E-state index in [9.17, 15) is 4.79 Å². The highest BCUT2D eigenvalue weighted by atomic mass is 35.5. The van der Waals surface area contributed by atoms with E-state index in [-0.39, 0.29) is 22.2 Å². The Hall–Kier alpha value is -0.560. The lowest BCUT2D eigenvalue weighted by atomic mass is 10.2. The lowest BCUT2D eigenvalue weighted by Crippen LogP contribution is -2.36. The fourth-order valence-electron chi connectivity index (χ4n) is 1.05. The van der Waals surface area contributed by atoms with Gasteiger partial charge in [0.05, 0.1) is 6.04 Å². The molecule has 0 aromatic carbocycles. The summed E-state index contributed by atoms with van der Waals surface area (Å²) in [6.45, 7) is 0. The molecule has 0 saturated heterocycles. The Balaban J connectivity index is 2.61. The molecule has 5 nitrogen and oxygen atoms in total. The molecule has 0 fully saturated rings. The number of carbonyl (C=O) groups excluding carboxylic acids is 1. The Kier molecular flexibility index (Phi) is 5.97. The summed E-state index contributed by atoms with van der Waals surface area (Å²) in [7, 11) is 0. The van der Waals surface area contributed by atoms with Crippen LogP contribution in [-0.4, -0.2) is 33.9 Å². The molecule has 17 heavy (non-hydrogen) atoms. The van der Waals surface area contributed by atoms with E-state index in [1.165, 1.54) is 6.07 Å². The minimum absolute atomic E-state index is 0.0227. The fourth-order valence-corrected chi connectivity index (χ4v) is 1.95. The quantitative estimate of drug-likeness (QED) is 0.639. The maximum absolute atomic E-state index is 11.6. The number of nitrogens with two attached hydrogens (primary N) is 1. The van der Waals surface area contributed by atoms with Crippen LogP contribution in [0.25, 0.3) is 0 Å². The topological polar surface area (TPSA) is 80.9 Å². The SMILES string of the molecule is CSCC[C@@H](N)C(=O)Nc1cc(Cl)nc(Cl)n1. The van der Waals surface area contributed by atoms with E-state index in [2.05, 4.69) is 15.3 Å². The number of carbonyl (C=O) groups is 1. The van der Waals surface area contributed by atoms with Crippen LogP contribution >= 0.6 is 35.0 Å². The molecule has 0 aliphatic heterocycles. The van der Waals surface area contributed by atoms with Crippen molar-refractivity contribution in [3.8, 4) is 0 Å². The van der Waals surface area contributed by atoms with E-state index in [0.29, 0.717) is 6.42 Å². The summed E-state index contributed by atoms with van der Waals surface area (Å²) in [5.41, 5.74) is 5.69. The van der Waals surface area contributed by atoms with Crippen molar-refractivity contribution in [2.45, 2.75) is 12.5 Å².